The number of carbonyl (C=O) groups is 4. The van der Waals surface area contributed by atoms with Crippen LogP contribution in [0.1, 0.15) is 29.9 Å². The van der Waals surface area contributed by atoms with Crippen LogP contribution in [0.15, 0.2) is 107 Å². The molecule has 4 aromatic carbocycles. The molecule has 6 unspecified atom stereocenters. The predicted molar refractivity (Wildman–Crippen MR) is 190 cm³/mol. The van der Waals surface area contributed by atoms with Gasteiger partial charge in [-0.05, 0) is 103 Å². The van der Waals surface area contributed by atoms with Crippen LogP contribution in [0, 0.1) is 29.5 Å². The minimum Gasteiger partial charge on any atom is -0.504 e. The molecule has 0 aromatic heterocycles. The van der Waals surface area contributed by atoms with Crippen molar-refractivity contribution in [1.29, 1.82) is 0 Å². The van der Waals surface area contributed by atoms with Gasteiger partial charge in [-0.15, -0.1) is 0 Å². The lowest BCUT2D eigenvalue weighted by atomic mass is 9.49. The molecule has 2 aliphatic heterocycles. The molecular formula is C39H30BrClFN3O6. The van der Waals surface area contributed by atoms with E-state index in [0.29, 0.717) is 27.5 Å². The molecule has 1 saturated carbocycles. The molecule has 0 bridgehead atoms. The first-order chi connectivity index (χ1) is 24.5. The number of allylic oxidation sites excluding steroid dienone is 2. The van der Waals surface area contributed by atoms with Crippen LogP contribution in [-0.4, -0.2) is 40.9 Å². The van der Waals surface area contributed by atoms with Crippen molar-refractivity contribution in [2.75, 3.05) is 17.4 Å². The van der Waals surface area contributed by atoms with Gasteiger partial charge < -0.3 is 9.84 Å². The summed E-state index contributed by atoms with van der Waals surface area (Å²) in [5.41, 5.74) is 3.91. The van der Waals surface area contributed by atoms with Crippen LogP contribution in [0.3, 0.4) is 0 Å². The summed E-state index contributed by atoms with van der Waals surface area (Å²) in [7, 11) is 1.43. The Hall–Kier alpha value is -5.00. The number of phenols is 1. The van der Waals surface area contributed by atoms with E-state index in [1.807, 2.05) is 6.08 Å². The fourth-order valence-corrected chi connectivity index (χ4v) is 9.15. The number of carbonyl (C=O) groups excluding carboxylic acids is 4. The third-order valence-corrected chi connectivity index (χ3v) is 11.7. The molecule has 4 amide bonds. The molecule has 2 N–H and O–H groups in total. The van der Waals surface area contributed by atoms with Crippen molar-refractivity contribution < 1.29 is 33.4 Å². The van der Waals surface area contributed by atoms with Gasteiger partial charge in [-0.2, -0.15) is 5.01 Å². The molecule has 2 saturated heterocycles. The van der Waals surface area contributed by atoms with Gasteiger partial charge in [0.2, 0.25) is 11.8 Å². The van der Waals surface area contributed by atoms with Crippen LogP contribution in [0.4, 0.5) is 15.8 Å². The summed E-state index contributed by atoms with van der Waals surface area (Å²) in [4.78, 5) is 59.5. The number of hydrazine groups is 1. The monoisotopic (exact) mass is 769 g/mol. The Labute approximate surface area is 305 Å². The Morgan fingerprint density at radius 2 is 1.61 bits per heavy atom. The average Bonchev–Trinajstić information content (AvgIpc) is 3.50. The molecule has 51 heavy (non-hydrogen) atoms. The van der Waals surface area contributed by atoms with Gasteiger partial charge in [0, 0.05) is 15.4 Å². The number of aromatic hydroxyl groups is 1. The highest BCUT2D eigenvalue weighted by Gasteiger charge is 2.70. The van der Waals surface area contributed by atoms with Gasteiger partial charge in [-0.1, -0.05) is 57.4 Å². The number of imide groups is 2. The number of anilines is 2. The maximum atomic E-state index is 15.2. The summed E-state index contributed by atoms with van der Waals surface area (Å²) < 4.78 is 20.0. The van der Waals surface area contributed by atoms with Crippen LogP contribution >= 0.6 is 27.5 Å². The van der Waals surface area contributed by atoms with E-state index in [1.165, 1.54) is 42.3 Å². The second-order valence-corrected chi connectivity index (χ2v) is 14.6. The minimum atomic E-state index is -1.57. The quantitative estimate of drug-likeness (QED) is 0.158. The van der Waals surface area contributed by atoms with Crippen molar-refractivity contribution in [2.45, 2.75) is 24.2 Å². The second-order valence-electron chi connectivity index (χ2n) is 13.3. The number of amides is 4. The number of nitrogens with zero attached hydrogens (tertiary/aromatic N) is 2. The van der Waals surface area contributed by atoms with Crippen LogP contribution in [0.2, 0.25) is 5.02 Å². The molecular weight excluding hydrogens is 741 g/mol. The van der Waals surface area contributed by atoms with Crippen LogP contribution in [0.5, 0.6) is 11.5 Å². The van der Waals surface area contributed by atoms with Crippen molar-refractivity contribution in [1.82, 2.24) is 5.01 Å². The van der Waals surface area contributed by atoms with Gasteiger partial charge in [0.25, 0.3) is 11.8 Å². The molecule has 2 aliphatic carbocycles. The number of nitrogens with one attached hydrogen (secondary N) is 1. The highest BCUT2D eigenvalue weighted by atomic mass is 79.9. The summed E-state index contributed by atoms with van der Waals surface area (Å²) in [6.07, 6.45) is 2.27. The fourth-order valence-electron chi connectivity index (χ4n) is 8.76. The first-order valence-corrected chi connectivity index (χ1v) is 17.6. The molecule has 0 spiro atoms. The Morgan fingerprint density at radius 3 is 2.27 bits per heavy atom. The Morgan fingerprint density at radius 1 is 0.902 bits per heavy atom. The number of rotatable bonds is 6. The zero-order valence-corrected chi connectivity index (χ0v) is 29.4. The number of methoxy groups -OCH3 is 1. The third-order valence-electron chi connectivity index (χ3n) is 10.9. The summed E-state index contributed by atoms with van der Waals surface area (Å²) >= 11 is 9.76. The first kappa shape index (κ1) is 33.2. The van der Waals surface area contributed by atoms with Crippen LogP contribution < -0.4 is 15.1 Å². The number of benzene rings is 4. The zero-order valence-electron chi connectivity index (χ0n) is 27.1. The number of phenolic OH excluding ortho intramolecular Hbond substituents is 1. The maximum Gasteiger partial charge on any atom is 0.260 e. The summed E-state index contributed by atoms with van der Waals surface area (Å²) in [5, 5.41) is 12.5. The summed E-state index contributed by atoms with van der Waals surface area (Å²) in [5.74, 6) is -6.13. The number of ether oxygens (including phenoxy) is 1. The molecule has 6 atom stereocenters. The Balaban J connectivity index is 1.33. The Bertz CT molecular complexity index is 2140. The van der Waals surface area contributed by atoms with Gasteiger partial charge in [0.15, 0.2) is 11.5 Å². The third kappa shape index (κ3) is 5.00. The highest BCUT2D eigenvalue weighted by Crippen LogP contribution is 2.64. The fraction of sp³-hybridized carbons (Fsp3) is 0.231. The highest BCUT2D eigenvalue weighted by molar-refractivity contribution is 9.10. The van der Waals surface area contributed by atoms with Crippen molar-refractivity contribution in [3.8, 4) is 11.5 Å². The van der Waals surface area contributed by atoms with E-state index in [0.717, 1.165) is 15.1 Å². The van der Waals surface area contributed by atoms with E-state index in [2.05, 4.69) is 21.4 Å². The molecule has 12 heteroatoms. The molecule has 2 heterocycles. The average molecular weight is 771 g/mol. The summed E-state index contributed by atoms with van der Waals surface area (Å²) in [6, 6.07) is 23.9. The minimum absolute atomic E-state index is 0.0909. The van der Waals surface area contributed by atoms with E-state index < -0.39 is 52.6 Å². The van der Waals surface area contributed by atoms with Crippen molar-refractivity contribution in [2.24, 2.45) is 23.7 Å². The zero-order chi connectivity index (χ0) is 35.8. The van der Waals surface area contributed by atoms with Crippen LogP contribution in [0.25, 0.3) is 0 Å². The van der Waals surface area contributed by atoms with Gasteiger partial charge >= 0.3 is 0 Å². The number of hydrogen-bond donors (Lipinski definition) is 2. The lowest BCUT2D eigenvalue weighted by Crippen LogP contribution is -2.53. The van der Waals surface area contributed by atoms with E-state index in [4.69, 9.17) is 16.3 Å². The van der Waals surface area contributed by atoms with E-state index >= 15 is 4.79 Å². The standard InChI is InChI=1S/C39H30BrClFN3O6/c1-51-32-17-2-20(18-31(32)46)34-27-15-16-28-33(37(49)44(35(28)47)26-13-5-22(40)6-14-26)29(27)19-30-36(48)45(43-25-11-9-24(42)10-12-25)38(50)39(30,34)21-3-7-23(41)8-4-21/h2-15,17-18,28-30,33-34,43,46H,16,19H2,1H3. The number of halogens is 3. The molecule has 4 aromatic rings. The topological polar surface area (TPSA) is 116 Å². The van der Waals surface area contributed by atoms with Crippen molar-refractivity contribution in [3.05, 3.63) is 129 Å². The molecule has 258 valence electrons. The Kier molecular flexibility index (Phi) is 8.03. The number of fused-ring (bicyclic) bond motifs is 4. The lowest BCUT2D eigenvalue weighted by molar-refractivity contribution is -0.138. The molecule has 0 radical (unpaired) electrons. The van der Waals surface area contributed by atoms with Gasteiger partial charge in [-0.3, -0.25) is 29.5 Å². The van der Waals surface area contributed by atoms with E-state index in [1.54, 1.807) is 60.7 Å². The second kappa shape index (κ2) is 12.3. The SMILES string of the molecule is COc1ccc(C2C3=CCC4C(=O)N(c5ccc(Br)cc5)C(=O)C4C3CC3C(=O)N(Nc4ccc(F)cc4)C(=O)C32c2ccc(Cl)cc2)cc1O. The van der Waals surface area contributed by atoms with Crippen LogP contribution in [-0.2, 0) is 24.6 Å². The largest absolute Gasteiger partial charge is 0.504 e. The molecule has 3 fully saturated rings. The van der Waals surface area contributed by atoms with Gasteiger partial charge in [0.1, 0.15) is 5.82 Å². The molecule has 4 aliphatic rings. The molecule has 8 rings (SSSR count). The summed E-state index contributed by atoms with van der Waals surface area (Å²) in [6.45, 7) is 0. The maximum absolute atomic E-state index is 15.2. The molecule has 9 nitrogen and oxygen atoms in total. The first-order valence-electron chi connectivity index (χ1n) is 16.4. The van der Waals surface area contributed by atoms with E-state index in [-0.39, 0.29) is 36.2 Å². The smallest absolute Gasteiger partial charge is 0.260 e. The van der Waals surface area contributed by atoms with Gasteiger partial charge in [0.05, 0.1) is 41.7 Å². The normalized spacial score (nSPS) is 26.8. The number of hydrogen-bond acceptors (Lipinski definition) is 7. The predicted octanol–water partition coefficient (Wildman–Crippen LogP) is 7.15. The van der Waals surface area contributed by atoms with Gasteiger partial charge in [-0.25, -0.2) is 4.39 Å². The van der Waals surface area contributed by atoms with Crippen molar-refractivity contribution in [3.63, 3.8) is 0 Å². The van der Waals surface area contributed by atoms with Crippen molar-refractivity contribution >= 4 is 62.5 Å². The lowest BCUT2D eigenvalue weighted by Gasteiger charge is -2.50. The van der Waals surface area contributed by atoms with E-state index in [9.17, 15) is 23.9 Å².